The van der Waals surface area contributed by atoms with Crippen LogP contribution in [0.3, 0.4) is 0 Å². The van der Waals surface area contributed by atoms with Crippen molar-refractivity contribution >= 4 is 28.8 Å². The number of thiazole rings is 1. The average Bonchev–Trinajstić information content (AvgIpc) is 3.03. The molecule has 0 aromatic carbocycles. The van der Waals surface area contributed by atoms with Gasteiger partial charge in [0.15, 0.2) is 0 Å². The van der Waals surface area contributed by atoms with E-state index in [1.54, 1.807) is 12.0 Å². The zero-order valence-corrected chi connectivity index (χ0v) is 14.2. The molecule has 1 aromatic heterocycles. The minimum atomic E-state index is -0.0915. The lowest BCUT2D eigenvalue weighted by molar-refractivity contribution is -0.131. The van der Waals surface area contributed by atoms with Crippen LogP contribution in [0, 0.1) is 12.8 Å². The molecule has 118 valence electrons. The Morgan fingerprint density at radius 1 is 1.62 bits per heavy atom. The topological polar surface area (TPSA) is 51.7 Å². The first-order valence-electron chi connectivity index (χ1n) is 7.00. The van der Waals surface area contributed by atoms with E-state index in [9.17, 15) is 4.79 Å². The van der Waals surface area contributed by atoms with Crippen LogP contribution >= 0.6 is 22.9 Å². The number of amides is 1. The van der Waals surface area contributed by atoms with E-state index in [0.717, 1.165) is 22.9 Å². The van der Waals surface area contributed by atoms with Gasteiger partial charge in [-0.3, -0.25) is 4.79 Å². The quantitative estimate of drug-likeness (QED) is 0.751. The summed E-state index contributed by atoms with van der Waals surface area (Å²) in [6, 6.07) is 0. The van der Waals surface area contributed by atoms with Gasteiger partial charge in [-0.15, -0.1) is 22.9 Å². The molecule has 1 aliphatic rings. The molecule has 1 aliphatic heterocycles. The molecule has 0 spiro atoms. The van der Waals surface area contributed by atoms with Crippen LogP contribution in [-0.4, -0.2) is 48.0 Å². The van der Waals surface area contributed by atoms with Crippen LogP contribution in [0.2, 0.25) is 0 Å². The number of carbonyl (C=O) groups excluding carboxylic acids is 1. The Kier molecular flexibility index (Phi) is 5.84. The maximum Gasteiger partial charge on any atom is 0.237 e. The summed E-state index contributed by atoms with van der Waals surface area (Å²) >= 11 is 7.26. The zero-order valence-electron chi connectivity index (χ0n) is 12.6. The van der Waals surface area contributed by atoms with Gasteiger partial charge >= 0.3 is 0 Å². The first kappa shape index (κ1) is 16.5. The fourth-order valence-corrected chi connectivity index (χ4v) is 3.49. The summed E-state index contributed by atoms with van der Waals surface area (Å²) in [7, 11) is 1.60. The van der Waals surface area contributed by atoms with Gasteiger partial charge in [0.25, 0.3) is 0 Å². The minimum Gasteiger partial charge on any atom is -0.480 e. The van der Waals surface area contributed by atoms with Gasteiger partial charge in [-0.25, -0.2) is 4.98 Å². The van der Waals surface area contributed by atoms with Crippen molar-refractivity contribution in [2.45, 2.75) is 32.9 Å². The monoisotopic (exact) mass is 332 g/mol. The van der Waals surface area contributed by atoms with Gasteiger partial charge in [0.2, 0.25) is 11.8 Å². The van der Waals surface area contributed by atoms with Gasteiger partial charge in [0.1, 0.15) is 10.9 Å². The SMILES string of the molecule is COc1nc(CN(C[C@@H]2OCC[C@@H]2C)C(=O)CCl)sc1C. The third-order valence-corrected chi connectivity index (χ3v) is 4.89. The lowest BCUT2D eigenvalue weighted by atomic mass is 10.0. The van der Waals surface area contributed by atoms with Crippen LogP contribution < -0.4 is 4.74 Å². The lowest BCUT2D eigenvalue weighted by Crippen LogP contribution is -2.39. The molecular formula is C14H21ClN2O3S. The number of hydrogen-bond acceptors (Lipinski definition) is 5. The fourth-order valence-electron chi connectivity index (χ4n) is 2.40. The molecule has 1 amide bonds. The van der Waals surface area contributed by atoms with E-state index in [2.05, 4.69) is 11.9 Å². The van der Waals surface area contributed by atoms with Gasteiger partial charge < -0.3 is 14.4 Å². The predicted molar refractivity (Wildman–Crippen MR) is 83.1 cm³/mol. The molecule has 0 bridgehead atoms. The molecule has 0 unspecified atom stereocenters. The molecule has 0 N–H and O–H groups in total. The number of hydrogen-bond donors (Lipinski definition) is 0. The van der Waals surface area contributed by atoms with Crippen molar-refractivity contribution in [2.24, 2.45) is 5.92 Å². The molecule has 2 heterocycles. The zero-order chi connectivity index (χ0) is 15.4. The van der Waals surface area contributed by atoms with Crippen molar-refractivity contribution in [3.05, 3.63) is 9.88 Å². The van der Waals surface area contributed by atoms with Crippen LogP contribution in [0.4, 0.5) is 0 Å². The van der Waals surface area contributed by atoms with Crippen molar-refractivity contribution in [3.8, 4) is 5.88 Å². The molecular weight excluding hydrogens is 312 g/mol. The fraction of sp³-hybridized carbons (Fsp3) is 0.714. The Bertz CT molecular complexity index is 495. The molecule has 0 saturated carbocycles. The van der Waals surface area contributed by atoms with Crippen LogP contribution in [0.25, 0.3) is 0 Å². The normalized spacial score (nSPS) is 21.5. The summed E-state index contributed by atoms with van der Waals surface area (Å²) in [4.78, 5) is 19.2. The highest BCUT2D eigenvalue weighted by Gasteiger charge is 2.28. The summed E-state index contributed by atoms with van der Waals surface area (Å²) in [5, 5.41) is 0.855. The van der Waals surface area contributed by atoms with Gasteiger partial charge in [0.05, 0.1) is 24.6 Å². The highest BCUT2D eigenvalue weighted by molar-refractivity contribution is 7.11. The largest absolute Gasteiger partial charge is 0.480 e. The molecule has 1 fully saturated rings. The van der Waals surface area contributed by atoms with Crippen molar-refractivity contribution < 1.29 is 14.3 Å². The maximum absolute atomic E-state index is 12.1. The third kappa shape index (κ3) is 4.08. The molecule has 21 heavy (non-hydrogen) atoms. The van der Waals surface area contributed by atoms with Crippen molar-refractivity contribution in [1.82, 2.24) is 9.88 Å². The van der Waals surface area contributed by atoms with Crippen molar-refractivity contribution in [3.63, 3.8) is 0 Å². The molecule has 7 heteroatoms. The lowest BCUT2D eigenvalue weighted by Gasteiger charge is -2.25. The molecule has 2 atom stereocenters. The Labute approximate surface area is 134 Å². The van der Waals surface area contributed by atoms with E-state index in [4.69, 9.17) is 21.1 Å². The van der Waals surface area contributed by atoms with E-state index < -0.39 is 0 Å². The molecule has 2 rings (SSSR count). The Balaban J connectivity index is 2.06. The van der Waals surface area contributed by atoms with Crippen LogP contribution in [0.15, 0.2) is 0 Å². The summed E-state index contributed by atoms with van der Waals surface area (Å²) in [5.74, 6) is 0.968. The second-order valence-electron chi connectivity index (χ2n) is 5.26. The molecule has 1 saturated heterocycles. The summed E-state index contributed by atoms with van der Waals surface area (Å²) in [6.45, 7) is 5.88. The Morgan fingerprint density at radius 2 is 2.38 bits per heavy atom. The maximum atomic E-state index is 12.1. The van der Waals surface area contributed by atoms with E-state index in [0.29, 0.717) is 24.9 Å². The smallest absolute Gasteiger partial charge is 0.237 e. The predicted octanol–water partition coefficient (Wildman–Crippen LogP) is 2.45. The van der Waals surface area contributed by atoms with Gasteiger partial charge in [-0.1, -0.05) is 6.92 Å². The summed E-state index contributed by atoms with van der Waals surface area (Å²) in [6.07, 6.45) is 1.12. The number of rotatable bonds is 6. The molecule has 0 radical (unpaired) electrons. The number of methoxy groups -OCH3 is 1. The molecule has 1 aromatic rings. The molecule has 5 nitrogen and oxygen atoms in total. The summed E-state index contributed by atoms with van der Waals surface area (Å²) < 4.78 is 10.9. The standard InChI is InChI=1S/C14H21ClN2O3S/c1-9-4-5-20-11(9)7-17(13(18)6-15)8-12-16-14(19-3)10(2)21-12/h9,11H,4-8H2,1-3H3/t9-,11-/m0/s1. The van der Waals surface area contributed by atoms with E-state index in [1.165, 1.54) is 11.3 Å². The second-order valence-corrected chi connectivity index (χ2v) is 6.81. The third-order valence-electron chi connectivity index (χ3n) is 3.72. The van der Waals surface area contributed by atoms with Crippen LogP contribution in [0.5, 0.6) is 5.88 Å². The number of nitrogens with zero attached hydrogens (tertiary/aromatic N) is 2. The van der Waals surface area contributed by atoms with Crippen molar-refractivity contribution in [2.75, 3.05) is 26.1 Å². The number of alkyl halides is 1. The first-order valence-corrected chi connectivity index (χ1v) is 8.35. The van der Waals surface area contributed by atoms with Gasteiger partial charge in [0, 0.05) is 13.2 Å². The summed E-state index contributed by atoms with van der Waals surface area (Å²) in [5.41, 5.74) is 0. The highest BCUT2D eigenvalue weighted by Crippen LogP contribution is 2.26. The molecule has 0 aliphatic carbocycles. The van der Waals surface area contributed by atoms with E-state index in [-0.39, 0.29) is 17.9 Å². The first-order chi connectivity index (χ1) is 10.0. The number of aryl methyl sites for hydroxylation is 1. The number of halogens is 1. The minimum absolute atomic E-state index is 0.0252. The number of ether oxygens (including phenoxy) is 2. The second kappa shape index (κ2) is 7.42. The van der Waals surface area contributed by atoms with Gasteiger partial charge in [-0.05, 0) is 19.3 Å². The number of aromatic nitrogens is 1. The van der Waals surface area contributed by atoms with Crippen LogP contribution in [0.1, 0.15) is 23.2 Å². The Hall–Kier alpha value is -0.850. The van der Waals surface area contributed by atoms with Crippen LogP contribution in [-0.2, 0) is 16.1 Å². The van der Waals surface area contributed by atoms with E-state index in [1.807, 2.05) is 6.92 Å². The highest BCUT2D eigenvalue weighted by atomic mass is 35.5. The van der Waals surface area contributed by atoms with Gasteiger partial charge in [-0.2, -0.15) is 0 Å². The average molecular weight is 333 g/mol. The van der Waals surface area contributed by atoms with Crippen molar-refractivity contribution in [1.29, 1.82) is 0 Å². The number of carbonyl (C=O) groups is 1. The Morgan fingerprint density at radius 3 is 2.90 bits per heavy atom. The van der Waals surface area contributed by atoms with E-state index >= 15 is 0 Å².